The molecule has 1 aromatic carbocycles. The molecule has 0 aliphatic carbocycles. The van der Waals surface area contributed by atoms with Crippen molar-refractivity contribution >= 4 is 63.7 Å². The van der Waals surface area contributed by atoms with Crippen LogP contribution in [0.3, 0.4) is 0 Å². The van der Waals surface area contributed by atoms with Crippen LogP contribution in [0.5, 0.6) is 0 Å². The van der Waals surface area contributed by atoms with Gasteiger partial charge in [-0.25, -0.2) is 19.8 Å². The monoisotopic (exact) mass is 805 g/mol. The van der Waals surface area contributed by atoms with Gasteiger partial charge in [-0.05, 0) is 63.6 Å². The zero-order valence-electron chi connectivity index (χ0n) is 33.8. The van der Waals surface area contributed by atoms with Gasteiger partial charge in [-0.1, -0.05) is 6.07 Å². The summed E-state index contributed by atoms with van der Waals surface area (Å²) in [5, 5.41) is 13.7. The highest BCUT2D eigenvalue weighted by atomic mass is 16.5. The number of fused-ring (bicyclic) bond motifs is 2. The summed E-state index contributed by atoms with van der Waals surface area (Å²) in [5.74, 6) is 2.06. The molecule has 0 spiro atoms. The Labute approximate surface area is 342 Å². The molecule has 59 heavy (non-hydrogen) atoms. The third kappa shape index (κ3) is 7.50. The van der Waals surface area contributed by atoms with Crippen LogP contribution >= 0.6 is 0 Å². The van der Waals surface area contributed by atoms with E-state index in [-0.39, 0.29) is 30.7 Å². The molecule has 5 aliphatic heterocycles. The fourth-order valence-electron chi connectivity index (χ4n) is 9.05. The largest absolute Gasteiger partial charge is 0.381 e. The lowest BCUT2D eigenvalue weighted by Crippen LogP contribution is -2.58. The van der Waals surface area contributed by atoms with E-state index in [2.05, 4.69) is 59.8 Å². The molecule has 4 aromatic rings. The average Bonchev–Trinajstić information content (AvgIpc) is 3.75. The summed E-state index contributed by atoms with van der Waals surface area (Å²) in [4.78, 5) is 74.7. The van der Waals surface area contributed by atoms with E-state index in [4.69, 9.17) is 19.8 Å². The van der Waals surface area contributed by atoms with Crippen molar-refractivity contribution in [3.8, 4) is 0 Å². The minimum absolute atomic E-state index is 0.0216. The van der Waals surface area contributed by atoms with E-state index >= 15 is 0 Å². The van der Waals surface area contributed by atoms with Gasteiger partial charge in [0, 0.05) is 96.9 Å². The van der Waals surface area contributed by atoms with Crippen LogP contribution in [0.1, 0.15) is 72.7 Å². The first kappa shape index (κ1) is 38.6. The molecule has 2 N–H and O–H groups in total. The molecular formula is C41H51N13O5. The van der Waals surface area contributed by atoms with Crippen molar-refractivity contribution in [3.05, 3.63) is 53.9 Å². The third-order valence-corrected chi connectivity index (χ3v) is 12.3. The number of pyridine rings is 1. The van der Waals surface area contributed by atoms with Gasteiger partial charge in [0.25, 0.3) is 11.8 Å². The number of nitrogens with one attached hydrogen (secondary N) is 2. The second kappa shape index (κ2) is 16.1. The molecule has 18 heteroatoms. The van der Waals surface area contributed by atoms with E-state index in [1.165, 1.54) is 0 Å². The summed E-state index contributed by atoms with van der Waals surface area (Å²) in [6.07, 6.45) is 7.85. The number of nitrogens with zero attached hydrogens (tertiary/aromatic N) is 11. The Morgan fingerprint density at radius 1 is 0.847 bits per heavy atom. The molecule has 4 fully saturated rings. The second-order valence-electron chi connectivity index (χ2n) is 16.3. The van der Waals surface area contributed by atoms with Gasteiger partial charge in [-0.2, -0.15) is 15.1 Å². The number of carbonyl (C=O) groups excluding carboxylic acids is 4. The van der Waals surface area contributed by atoms with Crippen LogP contribution in [-0.2, 0) is 9.53 Å². The van der Waals surface area contributed by atoms with Crippen LogP contribution < -0.4 is 25.3 Å². The number of benzene rings is 1. The molecule has 0 saturated carbocycles. The number of piperidine rings is 2. The molecule has 3 aromatic heterocycles. The van der Waals surface area contributed by atoms with Crippen molar-refractivity contribution in [2.75, 3.05) is 92.6 Å². The third-order valence-electron chi connectivity index (χ3n) is 12.3. The molecule has 9 rings (SSSR count). The van der Waals surface area contributed by atoms with Crippen LogP contribution in [0.2, 0.25) is 0 Å². The van der Waals surface area contributed by atoms with Gasteiger partial charge in [-0.3, -0.25) is 29.3 Å². The maximum Gasteiger partial charge on any atom is 0.343 e. The zero-order valence-corrected chi connectivity index (χ0v) is 33.8. The summed E-state index contributed by atoms with van der Waals surface area (Å²) in [5.41, 5.74) is 2.34. The highest BCUT2D eigenvalue weighted by molar-refractivity contribution is 6.24. The maximum atomic E-state index is 13.7. The summed E-state index contributed by atoms with van der Waals surface area (Å²) in [7, 11) is 1.77. The van der Waals surface area contributed by atoms with Crippen molar-refractivity contribution < 1.29 is 23.9 Å². The molecule has 0 bridgehead atoms. The Hall–Kier alpha value is -5.88. The van der Waals surface area contributed by atoms with Crippen molar-refractivity contribution in [2.45, 2.75) is 58.1 Å². The van der Waals surface area contributed by atoms with Crippen LogP contribution in [0.15, 0.2) is 42.7 Å². The van der Waals surface area contributed by atoms with Crippen LogP contribution in [0.4, 0.5) is 33.9 Å². The SMILES string of the molecule is COC1CCN(c2nccc(Nc3cc4c(cn3)c(N3CCN(CC5CCN(c6cccc7c6C(=O)N(N6CCC(=O)NC6=O)C7=O)CC5)CC3)nn4C(C)C)n2)CC1. The standard InChI is InChI=1S/C41H51N13O5/c1-26(2)53-32-23-34(44-33-7-13-42-40(45-33)51-16-10-28(59-3)11-17-51)43-24-30(32)37(47-53)50-21-19-48(20-22-50)25-27-8-14-49(15-9-27)31-6-4-5-29-36(31)39(57)54(38(29)56)52-18-12-35(55)46-41(52)58/h4-7,13,23-24,26-28H,8-12,14-22,25H2,1-3H3,(H,46,55,58)(H,42,43,44,45). The first-order valence-corrected chi connectivity index (χ1v) is 20.8. The van der Waals surface area contributed by atoms with Gasteiger partial charge in [0.2, 0.25) is 11.9 Å². The number of methoxy groups -OCH3 is 1. The number of hydrazine groups is 1. The maximum absolute atomic E-state index is 13.7. The molecule has 5 aliphatic rings. The number of aromatic nitrogens is 5. The van der Waals surface area contributed by atoms with Crippen LogP contribution in [0.25, 0.3) is 10.9 Å². The number of piperazine rings is 1. The zero-order chi connectivity index (χ0) is 40.8. The minimum atomic E-state index is -0.764. The number of imide groups is 2. The molecule has 310 valence electrons. The number of rotatable bonds is 10. The average molecular weight is 806 g/mol. The van der Waals surface area contributed by atoms with Gasteiger partial charge in [0.1, 0.15) is 11.6 Å². The van der Waals surface area contributed by atoms with E-state index in [9.17, 15) is 19.2 Å². The summed E-state index contributed by atoms with van der Waals surface area (Å²) in [6.45, 7) is 12.1. The predicted molar refractivity (Wildman–Crippen MR) is 221 cm³/mol. The number of ether oxygens (including phenoxy) is 1. The Morgan fingerprint density at radius 3 is 2.34 bits per heavy atom. The molecule has 8 heterocycles. The Bertz CT molecular complexity index is 2260. The lowest BCUT2D eigenvalue weighted by molar-refractivity contribution is -0.122. The quantitative estimate of drug-likeness (QED) is 0.222. The van der Waals surface area contributed by atoms with Crippen molar-refractivity contribution in [3.63, 3.8) is 0 Å². The highest BCUT2D eigenvalue weighted by Gasteiger charge is 2.45. The highest BCUT2D eigenvalue weighted by Crippen LogP contribution is 2.36. The Balaban J connectivity index is 0.806. The second-order valence-corrected chi connectivity index (χ2v) is 16.3. The number of amides is 5. The van der Waals surface area contributed by atoms with Gasteiger partial charge in [0.15, 0.2) is 5.82 Å². The summed E-state index contributed by atoms with van der Waals surface area (Å²) in [6, 6.07) is 8.62. The van der Waals surface area contributed by atoms with Crippen molar-refractivity contribution in [1.29, 1.82) is 0 Å². The van der Waals surface area contributed by atoms with Crippen molar-refractivity contribution in [1.82, 2.24) is 45.0 Å². The van der Waals surface area contributed by atoms with Gasteiger partial charge in [-0.15, -0.1) is 0 Å². The first-order chi connectivity index (χ1) is 28.6. The van der Waals surface area contributed by atoms with Gasteiger partial charge >= 0.3 is 6.03 Å². The van der Waals surface area contributed by atoms with E-state index in [0.29, 0.717) is 34.8 Å². The van der Waals surface area contributed by atoms with E-state index < -0.39 is 23.8 Å². The van der Waals surface area contributed by atoms with Gasteiger partial charge < -0.3 is 24.8 Å². The lowest BCUT2D eigenvalue weighted by Gasteiger charge is -2.39. The Kier molecular flexibility index (Phi) is 10.5. The smallest absolute Gasteiger partial charge is 0.343 e. The predicted octanol–water partition coefficient (Wildman–Crippen LogP) is 3.65. The molecule has 4 saturated heterocycles. The van der Waals surface area contributed by atoms with Gasteiger partial charge in [0.05, 0.1) is 40.4 Å². The summed E-state index contributed by atoms with van der Waals surface area (Å²) < 4.78 is 7.61. The van der Waals surface area contributed by atoms with Crippen LogP contribution in [0, 0.1) is 5.92 Å². The summed E-state index contributed by atoms with van der Waals surface area (Å²) >= 11 is 0. The number of hydrogen-bond donors (Lipinski definition) is 2. The number of anilines is 5. The molecule has 0 radical (unpaired) electrons. The molecule has 5 amide bonds. The lowest BCUT2D eigenvalue weighted by atomic mass is 9.94. The Morgan fingerprint density at radius 2 is 1.61 bits per heavy atom. The molecule has 0 unspecified atom stereocenters. The minimum Gasteiger partial charge on any atom is -0.381 e. The van der Waals surface area contributed by atoms with Crippen molar-refractivity contribution in [2.24, 2.45) is 5.92 Å². The van der Waals surface area contributed by atoms with E-state index in [1.807, 2.05) is 18.3 Å². The number of carbonyl (C=O) groups is 4. The number of hydrogen-bond acceptors (Lipinski definition) is 14. The topological polar surface area (TPSA) is 178 Å². The van der Waals surface area contributed by atoms with E-state index in [1.54, 1.807) is 25.4 Å². The fraction of sp³-hybridized carbons (Fsp3) is 0.512. The normalized spacial score (nSPS) is 20.0. The number of urea groups is 1. The molecular weight excluding hydrogens is 755 g/mol. The van der Waals surface area contributed by atoms with E-state index in [0.717, 1.165) is 111 Å². The fourth-order valence-corrected chi connectivity index (χ4v) is 9.05. The first-order valence-electron chi connectivity index (χ1n) is 20.8. The molecule has 0 atom stereocenters. The molecule has 18 nitrogen and oxygen atoms in total. The van der Waals surface area contributed by atoms with Crippen LogP contribution in [-0.4, -0.2) is 142 Å².